The number of thioether (sulfide) groups is 1. The first kappa shape index (κ1) is 28.3. The van der Waals surface area contributed by atoms with Crippen LogP contribution in [0.1, 0.15) is 41.8 Å². The van der Waals surface area contributed by atoms with E-state index in [1.165, 1.54) is 6.07 Å². The lowest BCUT2D eigenvalue weighted by Crippen LogP contribution is -2.31. The minimum atomic E-state index is -1.82. The van der Waals surface area contributed by atoms with Gasteiger partial charge in [-0.3, -0.25) is 9.36 Å². The Morgan fingerprint density at radius 2 is 1.71 bits per heavy atom. The quantitative estimate of drug-likeness (QED) is 0.219. The van der Waals surface area contributed by atoms with Crippen molar-refractivity contribution in [3.63, 3.8) is 0 Å². The number of halogens is 1. The van der Waals surface area contributed by atoms with Gasteiger partial charge >= 0.3 is 11.9 Å². The smallest absolute Gasteiger partial charge is 0.414 e. The minimum Gasteiger partial charge on any atom is -0.473 e. The predicted molar refractivity (Wildman–Crippen MR) is 142 cm³/mol. The number of amides is 1. The number of benzene rings is 2. The second kappa shape index (κ2) is 13.3. The molecule has 0 aliphatic heterocycles. The van der Waals surface area contributed by atoms with E-state index < -0.39 is 11.9 Å². The highest BCUT2D eigenvalue weighted by atomic mass is 32.2. The lowest BCUT2D eigenvalue weighted by Gasteiger charge is -2.12. The summed E-state index contributed by atoms with van der Waals surface area (Å²) in [5.41, 5.74) is 3.83. The summed E-state index contributed by atoms with van der Waals surface area (Å²) >= 11 is 1.57. The summed E-state index contributed by atoms with van der Waals surface area (Å²) in [5, 5.41) is 18.5. The molecule has 11 heteroatoms. The third kappa shape index (κ3) is 7.62. The monoisotopic (exact) mass is 538 g/mol. The van der Waals surface area contributed by atoms with Crippen molar-refractivity contribution >= 4 is 40.8 Å². The molecule has 1 atom stereocenters. The molecule has 3 N–H and O–H groups in total. The van der Waals surface area contributed by atoms with Gasteiger partial charge in [-0.2, -0.15) is 0 Å². The topological polar surface area (TPSA) is 134 Å². The van der Waals surface area contributed by atoms with Gasteiger partial charge in [-0.15, -0.1) is 0 Å². The highest BCUT2D eigenvalue weighted by Crippen LogP contribution is 2.27. The minimum absolute atomic E-state index is 0.0590. The van der Waals surface area contributed by atoms with Crippen LogP contribution >= 0.6 is 11.8 Å². The van der Waals surface area contributed by atoms with Crippen LogP contribution in [-0.4, -0.2) is 48.6 Å². The Bertz CT molecular complexity index is 1410. The number of aromatic nitrogens is 3. The van der Waals surface area contributed by atoms with Crippen molar-refractivity contribution in [1.29, 1.82) is 0 Å². The summed E-state index contributed by atoms with van der Waals surface area (Å²) in [7, 11) is 0. The number of hydrogen-bond donors (Lipinski definition) is 3. The summed E-state index contributed by atoms with van der Waals surface area (Å²) in [4.78, 5) is 39.7. The SMILES string of the molecule is CCC(C)NC(=O)c1ccc(CSc2nc3cccnc3n2Cc2ccccc2F)cc1.O=C(O)C(=O)O. The van der Waals surface area contributed by atoms with Crippen LogP contribution in [0, 0.1) is 5.82 Å². The fourth-order valence-electron chi connectivity index (χ4n) is 3.30. The van der Waals surface area contributed by atoms with E-state index in [1.54, 1.807) is 30.1 Å². The number of aliphatic carboxylic acids is 2. The number of carbonyl (C=O) groups excluding carboxylic acids is 1. The molecule has 0 saturated carbocycles. The van der Waals surface area contributed by atoms with E-state index in [-0.39, 0.29) is 17.8 Å². The number of pyridine rings is 1. The van der Waals surface area contributed by atoms with Crippen molar-refractivity contribution < 1.29 is 29.0 Å². The molecule has 1 unspecified atom stereocenters. The van der Waals surface area contributed by atoms with Crippen molar-refractivity contribution in [1.82, 2.24) is 19.9 Å². The number of carbonyl (C=O) groups is 3. The number of nitrogens with one attached hydrogen (secondary N) is 1. The fourth-order valence-corrected chi connectivity index (χ4v) is 4.25. The maximum Gasteiger partial charge on any atom is 0.414 e. The second-order valence-electron chi connectivity index (χ2n) is 8.30. The van der Waals surface area contributed by atoms with Gasteiger partial charge in [0, 0.05) is 29.1 Å². The Labute approximate surface area is 222 Å². The molecular weight excluding hydrogens is 511 g/mol. The summed E-state index contributed by atoms with van der Waals surface area (Å²) < 4.78 is 16.2. The zero-order valence-corrected chi connectivity index (χ0v) is 21.6. The van der Waals surface area contributed by atoms with E-state index >= 15 is 0 Å². The van der Waals surface area contributed by atoms with Crippen molar-refractivity contribution in [3.05, 3.63) is 89.4 Å². The maximum absolute atomic E-state index is 14.3. The molecule has 2 heterocycles. The molecule has 0 aliphatic carbocycles. The number of nitrogens with zero attached hydrogens (tertiary/aromatic N) is 3. The van der Waals surface area contributed by atoms with Gasteiger partial charge in [0.25, 0.3) is 5.91 Å². The molecule has 0 spiro atoms. The Morgan fingerprint density at radius 3 is 2.34 bits per heavy atom. The lowest BCUT2D eigenvalue weighted by atomic mass is 10.1. The number of hydrogen-bond acceptors (Lipinski definition) is 6. The molecule has 4 rings (SSSR count). The molecule has 38 heavy (non-hydrogen) atoms. The van der Waals surface area contributed by atoms with E-state index in [1.807, 2.05) is 60.9 Å². The Morgan fingerprint density at radius 1 is 1.03 bits per heavy atom. The largest absolute Gasteiger partial charge is 0.473 e. The molecule has 0 fully saturated rings. The zero-order valence-electron chi connectivity index (χ0n) is 20.8. The molecule has 0 aliphatic rings. The van der Waals surface area contributed by atoms with Crippen LogP contribution in [0.5, 0.6) is 0 Å². The van der Waals surface area contributed by atoms with E-state index in [9.17, 15) is 9.18 Å². The van der Waals surface area contributed by atoms with Crippen LogP contribution in [0.4, 0.5) is 4.39 Å². The van der Waals surface area contributed by atoms with Crippen LogP contribution in [0.3, 0.4) is 0 Å². The number of imidazole rings is 1. The number of rotatable bonds is 8. The summed E-state index contributed by atoms with van der Waals surface area (Å²) in [6.45, 7) is 4.39. The highest BCUT2D eigenvalue weighted by molar-refractivity contribution is 7.98. The average molecular weight is 539 g/mol. The van der Waals surface area contributed by atoms with Gasteiger partial charge in [0.2, 0.25) is 0 Å². The van der Waals surface area contributed by atoms with E-state index in [0.29, 0.717) is 23.4 Å². The second-order valence-corrected chi connectivity index (χ2v) is 9.24. The molecule has 0 bridgehead atoms. The highest BCUT2D eigenvalue weighted by Gasteiger charge is 2.15. The number of carboxylic acid groups (broad SMARTS) is 2. The van der Waals surface area contributed by atoms with E-state index in [4.69, 9.17) is 24.8 Å². The summed E-state index contributed by atoms with van der Waals surface area (Å²) in [6.07, 6.45) is 2.61. The van der Waals surface area contributed by atoms with Crippen LogP contribution < -0.4 is 5.32 Å². The molecule has 1 amide bonds. The lowest BCUT2D eigenvalue weighted by molar-refractivity contribution is -0.159. The van der Waals surface area contributed by atoms with Gasteiger partial charge < -0.3 is 15.5 Å². The van der Waals surface area contributed by atoms with Gasteiger partial charge in [0.1, 0.15) is 11.3 Å². The van der Waals surface area contributed by atoms with Crippen molar-refractivity contribution in [2.45, 2.75) is 43.8 Å². The zero-order chi connectivity index (χ0) is 27.7. The van der Waals surface area contributed by atoms with Gasteiger partial charge in [0.05, 0.1) is 6.54 Å². The first-order valence-electron chi connectivity index (χ1n) is 11.7. The summed E-state index contributed by atoms with van der Waals surface area (Å²) in [6, 6.07) is 18.3. The van der Waals surface area contributed by atoms with E-state index in [2.05, 4.69) is 10.3 Å². The third-order valence-corrected chi connectivity index (χ3v) is 6.56. The fraction of sp³-hybridized carbons (Fsp3) is 0.222. The molecular formula is C27H27FN4O5S. The van der Waals surface area contributed by atoms with E-state index in [0.717, 1.165) is 28.3 Å². The van der Waals surface area contributed by atoms with Crippen LogP contribution in [0.25, 0.3) is 11.2 Å². The van der Waals surface area contributed by atoms with Crippen LogP contribution in [-0.2, 0) is 21.9 Å². The molecule has 9 nitrogen and oxygen atoms in total. The van der Waals surface area contributed by atoms with Gasteiger partial charge in [0.15, 0.2) is 10.8 Å². The van der Waals surface area contributed by atoms with Crippen molar-refractivity contribution in [2.75, 3.05) is 0 Å². The Hall–Kier alpha value is -4.25. The molecule has 2 aromatic carbocycles. The molecule has 198 valence electrons. The molecule has 0 radical (unpaired) electrons. The standard InChI is InChI=1S/C25H25FN4OS.C2H2O4/c1-3-17(2)28-24(31)19-12-10-18(11-13-19)16-32-25-29-22-9-6-14-27-23(22)30(25)15-20-7-4-5-8-21(20)26;3-1(4)2(5)6/h4-14,17H,3,15-16H2,1-2H3,(H,28,31);(H,3,4)(H,5,6). The predicted octanol–water partition coefficient (Wildman–Crippen LogP) is 4.59. The van der Waals surface area contributed by atoms with Crippen molar-refractivity contribution in [2.24, 2.45) is 0 Å². The molecule has 0 saturated heterocycles. The van der Waals surface area contributed by atoms with Gasteiger partial charge in [-0.25, -0.2) is 23.9 Å². The third-order valence-electron chi connectivity index (χ3n) is 5.51. The van der Waals surface area contributed by atoms with Gasteiger partial charge in [-0.05, 0) is 49.2 Å². The van der Waals surface area contributed by atoms with Gasteiger partial charge in [-0.1, -0.05) is 49.0 Å². The average Bonchev–Trinajstić information content (AvgIpc) is 3.26. The first-order chi connectivity index (χ1) is 18.2. The molecule has 2 aromatic heterocycles. The van der Waals surface area contributed by atoms with Crippen LogP contribution in [0.15, 0.2) is 72.0 Å². The number of fused-ring (bicyclic) bond motifs is 1. The van der Waals surface area contributed by atoms with Crippen molar-refractivity contribution in [3.8, 4) is 0 Å². The normalized spacial score (nSPS) is 11.3. The number of carboxylic acids is 2. The summed E-state index contributed by atoms with van der Waals surface area (Å²) in [5.74, 6) is -3.28. The Kier molecular flexibility index (Phi) is 9.94. The molecule has 4 aromatic rings. The maximum atomic E-state index is 14.3. The first-order valence-corrected chi connectivity index (χ1v) is 12.7. The Balaban J connectivity index is 0.000000599. The van der Waals surface area contributed by atoms with Crippen LogP contribution in [0.2, 0.25) is 0 Å².